The number of hydrogen-bond acceptors (Lipinski definition) is 9. The number of aryl methyl sites for hydroxylation is 1. The number of unbranched alkanes of at least 4 members (excludes halogenated alkanes) is 6. The molecule has 3 N–H and O–H groups in total. The Labute approximate surface area is 358 Å². The molecule has 14 nitrogen and oxygen atoms in total. The number of amides is 4. The van der Waals surface area contributed by atoms with Crippen LogP contribution >= 0.6 is 0 Å². The third-order valence-electron chi connectivity index (χ3n) is 12.7. The van der Waals surface area contributed by atoms with Crippen LogP contribution in [0.15, 0.2) is 18.2 Å². The van der Waals surface area contributed by atoms with Crippen molar-refractivity contribution in [3.63, 3.8) is 0 Å². The van der Waals surface area contributed by atoms with Crippen molar-refractivity contribution in [3.05, 3.63) is 23.8 Å². The summed E-state index contributed by atoms with van der Waals surface area (Å²) in [6, 6.07) is 5.94. The van der Waals surface area contributed by atoms with Gasteiger partial charge in [-0.3, -0.25) is 23.7 Å². The van der Waals surface area contributed by atoms with Crippen molar-refractivity contribution in [2.75, 3.05) is 20.1 Å². The lowest BCUT2D eigenvalue weighted by molar-refractivity contribution is -0.137. The average Bonchev–Trinajstić information content (AvgIpc) is 4.09. The fourth-order valence-corrected chi connectivity index (χ4v) is 10.3. The van der Waals surface area contributed by atoms with Gasteiger partial charge in [-0.15, -0.1) is 0 Å². The van der Waals surface area contributed by atoms with Gasteiger partial charge in [0.2, 0.25) is 27.7 Å². The molecule has 3 fully saturated rings. The largest absolute Gasteiger partial charge is 0.459 e. The molecule has 0 bridgehead atoms. The molecule has 2 aromatic rings. The number of imidazole rings is 1. The molecule has 2 heterocycles. The van der Waals surface area contributed by atoms with Crippen LogP contribution in [0.1, 0.15) is 156 Å². The van der Waals surface area contributed by atoms with Gasteiger partial charge in [0.1, 0.15) is 24.3 Å². The van der Waals surface area contributed by atoms with Gasteiger partial charge in [-0.2, -0.15) is 4.98 Å². The van der Waals surface area contributed by atoms with E-state index in [2.05, 4.69) is 59.8 Å². The number of carbonyl (C=O) groups excluding carboxylic acids is 4. The third-order valence-corrected chi connectivity index (χ3v) is 15.0. The molecule has 0 spiro atoms. The molecule has 1 saturated heterocycles. The summed E-state index contributed by atoms with van der Waals surface area (Å²) in [6.45, 7) is 14.0. The number of sulfonamides is 1. The van der Waals surface area contributed by atoms with E-state index in [1.807, 2.05) is 26.8 Å². The number of hydrogen-bond donors (Lipinski definition) is 3. The number of nitrogens with one attached hydrogen (secondary N) is 3. The topological polar surface area (TPSA) is 178 Å². The van der Waals surface area contributed by atoms with E-state index in [1.54, 1.807) is 0 Å². The van der Waals surface area contributed by atoms with Gasteiger partial charge >= 0.3 is 6.09 Å². The van der Waals surface area contributed by atoms with Crippen LogP contribution in [0.2, 0.25) is 0 Å². The molecule has 5 rings (SSSR count). The zero-order valence-electron chi connectivity index (χ0n) is 37.4. The number of carbonyl (C=O) groups is 4. The second-order valence-electron chi connectivity index (χ2n) is 18.9. The van der Waals surface area contributed by atoms with Gasteiger partial charge in [-0.1, -0.05) is 77.8 Å². The quantitative estimate of drug-likeness (QED) is 0.0912. The second kappa shape index (κ2) is 20.3. The Bertz CT molecular complexity index is 1920. The van der Waals surface area contributed by atoms with Gasteiger partial charge in [-0.25, -0.2) is 13.2 Å². The van der Waals surface area contributed by atoms with Crippen molar-refractivity contribution in [1.29, 1.82) is 0 Å². The number of likely N-dealkylation sites (N-methyl/N-ethyl adjacent to an activating group) is 1. The maximum absolute atomic E-state index is 13.4. The Morgan fingerprint density at radius 1 is 0.967 bits per heavy atom. The van der Waals surface area contributed by atoms with Crippen molar-refractivity contribution in [3.8, 4) is 6.01 Å². The highest BCUT2D eigenvalue weighted by Gasteiger charge is 2.55. The van der Waals surface area contributed by atoms with E-state index in [1.165, 1.54) is 11.9 Å². The number of alkyl carbamates (subject to hydrolysis) is 1. The van der Waals surface area contributed by atoms with Crippen molar-refractivity contribution in [1.82, 2.24) is 29.8 Å². The van der Waals surface area contributed by atoms with Gasteiger partial charge in [0.25, 0.3) is 6.01 Å². The van der Waals surface area contributed by atoms with Gasteiger partial charge in [0, 0.05) is 25.4 Å². The smallest absolute Gasteiger partial charge is 0.408 e. The SMILES string of the molecule is CCC1CC1C(=O)NS(=O)(=O)C1(CCCCCCCCCc2cccc3c2nc(OC2CC(C(=O)NC)N(C(=O)CNC(=O)OC(C)(C)CCC(C)C)C2)n3C(C)C)CC1. The minimum atomic E-state index is -3.63. The summed E-state index contributed by atoms with van der Waals surface area (Å²) in [6.07, 6.45) is 12.4. The predicted octanol–water partition coefficient (Wildman–Crippen LogP) is 7.34. The molecule has 4 amide bonds. The summed E-state index contributed by atoms with van der Waals surface area (Å²) in [5.74, 6) is -0.341. The third kappa shape index (κ3) is 12.1. The molecule has 2 saturated carbocycles. The maximum atomic E-state index is 13.4. The van der Waals surface area contributed by atoms with E-state index in [0.29, 0.717) is 43.5 Å². The lowest BCUT2D eigenvalue weighted by Gasteiger charge is -2.27. The van der Waals surface area contributed by atoms with E-state index < -0.39 is 44.5 Å². The zero-order valence-corrected chi connectivity index (χ0v) is 38.3. The molecule has 4 unspecified atom stereocenters. The number of likely N-dealkylation sites (tertiary alicyclic amines) is 1. The van der Waals surface area contributed by atoms with E-state index in [9.17, 15) is 27.6 Å². The molecule has 15 heteroatoms. The molecule has 0 radical (unpaired) electrons. The summed E-state index contributed by atoms with van der Waals surface area (Å²) in [4.78, 5) is 57.9. The number of fused-ring (bicyclic) bond motifs is 1. The van der Waals surface area contributed by atoms with Crippen LogP contribution in [-0.4, -0.2) is 89.3 Å². The van der Waals surface area contributed by atoms with Crippen LogP contribution in [0.25, 0.3) is 11.0 Å². The molecule has 60 heavy (non-hydrogen) atoms. The summed E-state index contributed by atoms with van der Waals surface area (Å²) in [5.41, 5.74) is 2.32. The van der Waals surface area contributed by atoms with E-state index in [4.69, 9.17) is 14.5 Å². The molecule has 1 aliphatic heterocycles. The first-order valence-corrected chi connectivity index (χ1v) is 24.1. The highest BCUT2D eigenvalue weighted by Crippen LogP contribution is 2.48. The van der Waals surface area contributed by atoms with Gasteiger partial charge in [0.05, 0.1) is 22.3 Å². The number of rotatable bonds is 24. The van der Waals surface area contributed by atoms with E-state index >= 15 is 0 Å². The molecule has 2 aliphatic carbocycles. The fourth-order valence-electron chi connectivity index (χ4n) is 8.66. The number of aromatic nitrogens is 2. The number of benzene rings is 1. The first kappa shape index (κ1) is 47.2. The van der Waals surface area contributed by atoms with Crippen molar-refractivity contribution < 1.29 is 37.1 Å². The fraction of sp³-hybridized carbons (Fsp3) is 0.756. The summed E-state index contributed by atoms with van der Waals surface area (Å²) in [5, 5.41) is 5.25. The lowest BCUT2D eigenvalue weighted by Crippen LogP contribution is -2.49. The standard InChI is InChI=1S/C45H72N6O8S/c1-9-32-26-35(32)40(53)49-60(56,57)45(24-25-45)22-16-14-12-10-11-13-15-18-33-19-17-20-36-39(33)48-42(51(36)31(4)5)58-34-27-37(41(54)46-8)50(29-34)38(52)28-47-43(55)59-44(6,7)23-21-30(2)3/h17,19-20,30-32,34-35,37H,9-16,18,21-29H2,1-8H3,(H,46,54)(H,47,55)(H,49,53). The highest BCUT2D eigenvalue weighted by molar-refractivity contribution is 7.91. The van der Waals surface area contributed by atoms with Gasteiger partial charge in [-0.05, 0) is 103 Å². The number of ether oxygens (including phenoxy) is 2. The molecule has 1 aromatic heterocycles. The Hall–Kier alpha value is -3.88. The van der Waals surface area contributed by atoms with Crippen LogP contribution in [-0.2, 0) is 35.6 Å². The predicted molar refractivity (Wildman–Crippen MR) is 233 cm³/mol. The average molecular weight is 857 g/mol. The van der Waals surface area contributed by atoms with E-state index in [0.717, 1.165) is 87.2 Å². The summed E-state index contributed by atoms with van der Waals surface area (Å²) < 4.78 is 41.9. The van der Waals surface area contributed by atoms with Crippen molar-refractivity contribution >= 4 is 44.9 Å². The number of para-hydroxylation sites is 1. The number of nitrogens with zero attached hydrogens (tertiary/aromatic N) is 3. The molecule has 1 aromatic carbocycles. The lowest BCUT2D eigenvalue weighted by atomic mass is 9.97. The van der Waals surface area contributed by atoms with Crippen molar-refractivity contribution in [2.45, 2.75) is 180 Å². The molecule has 3 aliphatic rings. The Kier molecular flexibility index (Phi) is 16.0. The van der Waals surface area contributed by atoms with Crippen LogP contribution in [0, 0.1) is 17.8 Å². The molecular weight excluding hydrogens is 785 g/mol. The van der Waals surface area contributed by atoms with Gasteiger partial charge in [0.15, 0.2) is 0 Å². The Morgan fingerprint density at radius 3 is 2.27 bits per heavy atom. The van der Waals surface area contributed by atoms with Gasteiger partial charge < -0.3 is 25.0 Å². The van der Waals surface area contributed by atoms with Crippen molar-refractivity contribution in [2.24, 2.45) is 17.8 Å². The van der Waals surface area contributed by atoms with Crippen LogP contribution in [0.3, 0.4) is 0 Å². The maximum Gasteiger partial charge on any atom is 0.408 e. The normalized spacial score (nSPS) is 21.0. The van der Waals surface area contributed by atoms with Crippen LogP contribution in [0.5, 0.6) is 6.01 Å². The molecular formula is C45H72N6O8S. The Morgan fingerprint density at radius 2 is 1.65 bits per heavy atom. The van der Waals surface area contributed by atoms with Crippen LogP contribution < -0.4 is 20.1 Å². The minimum absolute atomic E-state index is 0.0408. The Balaban J connectivity index is 1.09. The highest BCUT2D eigenvalue weighted by atomic mass is 32.2. The molecule has 4 atom stereocenters. The minimum Gasteiger partial charge on any atom is -0.459 e. The van der Waals surface area contributed by atoms with E-state index in [-0.39, 0.29) is 43.3 Å². The van der Waals surface area contributed by atoms with Crippen LogP contribution in [0.4, 0.5) is 4.79 Å². The monoisotopic (exact) mass is 857 g/mol. The summed E-state index contributed by atoms with van der Waals surface area (Å²) >= 11 is 0. The molecule has 336 valence electrons. The summed E-state index contributed by atoms with van der Waals surface area (Å²) in [7, 11) is -2.09. The second-order valence-corrected chi connectivity index (χ2v) is 20.9. The first-order valence-electron chi connectivity index (χ1n) is 22.6. The zero-order chi connectivity index (χ0) is 43.8. The first-order chi connectivity index (χ1) is 28.4.